The third kappa shape index (κ3) is 6.39. The Morgan fingerprint density at radius 1 is 1.06 bits per heavy atom. The number of rotatable bonds is 4. The monoisotopic (exact) mass is 698 g/mol. The lowest BCUT2D eigenvalue weighted by Gasteiger charge is -2.54. The Morgan fingerprint density at radius 2 is 1.87 bits per heavy atom. The summed E-state index contributed by atoms with van der Waals surface area (Å²) in [5.41, 5.74) is -2.93. The highest BCUT2D eigenvalue weighted by Gasteiger charge is 2.67. The summed E-state index contributed by atoms with van der Waals surface area (Å²) < 4.78 is 12.3. The summed E-state index contributed by atoms with van der Waals surface area (Å²) in [4.78, 5) is 29.6. The van der Waals surface area contributed by atoms with E-state index in [1.54, 1.807) is 19.1 Å². The lowest BCUT2D eigenvalue weighted by molar-refractivity contribution is -0.346. The Balaban J connectivity index is 1.43. The van der Waals surface area contributed by atoms with E-state index in [-0.39, 0.29) is 42.4 Å². The van der Waals surface area contributed by atoms with E-state index < -0.39 is 71.3 Å². The van der Waals surface area contributed by atoms with E-state index >= 15 is 4.79 Å². The first-order valence-electron chi connectivity index (χ1n) is 17.1. The van der Waals surface area contributed by atoms with E-state index in [0.29, 0.717) is 50.0 Å². The number of hydrogen-bond acceptors (Lipinski definition) is 14. The summed E-state index contributed by atoms with van der Waals surface area (Å²) in [5.74, 6) is -2.42. The van der Waals surface area contributed by atoms with Crippen LogP contribution in [-0.4, -0.2) is 116 Å². The maximum Gasteiger partial charge on any atom is 0.187 e. The number of carbonyl (C=O) groups excluding carboxylic acids is 2. The molecule has 2 saturated carbocycles. The molecule has 8 N–H and O–H groups in total. The van der Waals surface area contributed by atoms with Crippen molar-refractivity contribution in [3.63, 3.8) is 0 Å². The Hall–Kier alpha value is -1.04. The fraction of sp³-hybridized carbons (Fsp3) is 0.818. The van der Waals surface area contributed by atoms with Crippen LogP contribution < -0.4 is 10.6 Å². The molecule has 1 spiro atoms. The van der Waals surface area contributed by atoms with Gasteiger partial charge in [0.1, 0.15) is 40.9 Å². The molecule has 264 valence electrons. The lowest BCUT2D eigenvalue weighted by atomic mass is 9.51. The summed E-state index contributed by atoms with van der Waals surface area (Å²) in [6, 6.07) is 0. The first kappa shape index (κ1) is 35.8. The van der Waals surface area contributed by atoms with Gasteiger partial charge in [-0.05, 0) is 76.8 Å². The number of ketones is 2. The number of aliphatic hydroxyl groups excluding tert-OH is 5. The van der Waals surface area contributed by atoms with Crippen molar-refractivity contribution in [2.24, 2.45) is 29.1 Å². The second kappa shape index (κ2) is 14.7. The number of piperidine rings is 1. The molecular weight excluding hydrogens is 649 g/mol. The van der Waals surface area contributed by atoms with Gasteiger partial charge in [-0.2, -0.15) is 0 Å². The van der Waals surface area contributed by atoms with Gasteiger partial charge in [0.2, 0.25) is 0 Å². The Labute approximate surface area is 283 Å². The maximum absolute atomic E-state index is 15.2. The van der Waals surface area contributed by atoms with Crippen molar-refractivity contribution in [3.8, 4) is 0 Å². The van der Waals surface area contributed by atoms with Crippen LogP contribution in [0.1, 0.15) is 64.7 Å². The van der Waals surface area contributed by atoms with Crippen LogP contribution in [0.2, 0.25) is 0 Å². The molecule has 0 radical (unpaired) electrons. The quantitative estimate of drug-likeness (QED) is 0.196. The van der Waals surface area contributed by atoms with Gasteiger partial charge in [-0.25, -0.2) is 0 Å². The highest BCUT2D eigenvalue weighted by Crippen LogP contribution is 2.59. The zero-order valence-electron chi connectivity index (χ0n) is 26.8. The molecule has 6 rings (SSSR count). The number of nitrogens with one attached hydrogen (secondary N) is 2. The number of fused-ring (bicyclic) bond motifs is 4. The minimum atomic E-state index is -2.04. The molecule has 3 aliphatic heterocycles. The van der Waals surface area contributed by atoms with Gasteiger partial charge in [-0.15, -0.1) is 0 Å². The molecule has 6 aliphatic rings. The smallest absolute Gasteiger partial charge is 0.187 e. The van der Waals surface area contributed by atoms with Crippen LogP contribution in [0.4, 0.5) is 0 Å². The van der Waals surface area contributed by atoms with Gasteiger partial charge in [-0.1, -0.05) is 39.7 Å². The fourth-order valence-corrected chi connectivity index (χ4v) is 12.0. The molecule has 0 aromatic rings. The zero-order valence-corrected chi connectivity index (χ0v) is 28.5. The summed E-state index contributed by atoms with van der Waals surface area (Å²) in [6.07, 6.45) is 0.822. The zero-order chi connectivity index (χ0) is 33.5. The van der Waals surface area contributed by atoms with Crippen LogP contribution in [-0.2, 0) is 19.1 Å². The van der Waals surface area contributed by atoms with Crippen LogP contribution in [0, 0.1) is 29.1 Å². The normalized spacial score (nSPS) is 46.4. The van der Waals surface area contributed by atoms with Crippen molar-refractivity contribution in [1.82, 2.24) is 10.6 Å². The first-order chi connectivity index (χ1) is 22.6. The number of carbonyl (C=O) groups is 2. The second-order valence-electron chi connectivity index (χ2n) is 14.3. The number of aliphatic hydroxyl groups is 6. The summed E-state index contributed by atoms with van der Waals surface area (Å²) in [7, 11) is 2.97. The molecule has 3 heterocycles. The Kier molecular flexibility index (Phi) is 11.2. The van der Waals surface area contributed by atoms with Crippen LogP contribution in [0.5, 0.6) is 0 Å². The number of Topliss-reactive ketones (excluding diaryl/α,β-unsaturated/α-hetero) is 2. The number of ether oxygens (including phenoxy) is 2. The van der Waals surface area contributed by atoms with Gasteiger partial charge in [-0.3, -0.25) is 14.9 Å². The first-order valence-corrected chi connectivity index (χ1v) is 19.5. The van der Waals surface area contributed by atoms with Crippen molar-refractivity contribution >= 4 is 33.2 Å². The van der Waals surface area contributed by atoms with Crippen LogP contribution >= 0.6 is 21.6 Å². The standard InChI is InChI=1S/C33H50N2O10S2/c1-17-12-20-27(39)19-4-2-5-21-26(19)29(41)33(20,23(38)13-17)24(6-3-11-36)47-46-16-35-25-14-18(8-10-34-25)7-9-32(43)28(40)22(15-37)45-31(44-21)30(32)42/h12-13,18-22,24-26,28,30-31,34-38,40,42-43H,2-11,14-16H2,1H3/t18?,19?,20-,21?,22+,24-,25?,26?,28+,30-,31+,32+,33-/m0/s1. The number of hydrogen-bond donors (Lipinski definition) is 8. The van der Waals surface area contributed by atoms with Gasteiger partial charge >= 0.3 is 0 Å². The van der Waals surface area contributed by atoms with Crippen LogP contribution in [0.15, 0.2) is 23.5 Å². The Bertz CT molecular complexity index is 1240. The van der Waals surface area contributed by atoms with Gasteiger partial charge < -0.3 is 45.4 Å². The van der Waals surface area contributed by atoms with Crippen molar-refractivity contribution in [2.45, 2.75) is 112 Å². The molecule has 0 aromatic carbocycles. The van der Waals surface area contributed by atoms with Gasteiger partial charge in [0.05, 0.1) is 36.6 Å². The third-order valence-electron chi connectivity index (χ3n) is 11.5. The summed E-state index contributed by atoms with van der Waals surface area (Å²) >= 11 is 0. The minimum absolute atomic E-state index is 0.0294. The van der Waals surface area contributed by atoms with E-state index in [0.717, 1.165) is 19.4 Å². The average molecular weight is 699 g/mol. The SMILES string of the molecule is CC1=C[C@H]2C(=O)C3CCCC4O[C@@H]5O[C@H](CO)[C@@H](O)[C@](O)(CCC6CCNC(C6)NCSS[C@@H](CCCO)[C@@]2(C(=O)C43)C(O)=C1)[C@H]5O. The van der Waals surface area contributed by atoms with E-state index in [2.05, 4.69) is 10.6 Å². The summed E-state index contributed by atoms with van der Waals surface area (Å²) in [6.45, 7) is 1.81. The van der Waals surface area contributed by atoms with Crippen molar-refractivity contribution < 1.29 is 49.7 Å². The van der Waals surface area contributed by atoms with E-state index in [4.69, 9.17) is 9.47 Å². The van der Waals surface area contributed by atoms with Gasteiger partial charge in [0.15, 0.2) is 12.1 Å². The molecule has 13 atom stereocenters. The summed E-state index contributed by atoms with van der Waals surface area (Å²) in [5, 5.41) is 72.8. The highest BCUT2D eigenvalue weighted by atomic mass is 33.1. The van der Waals surface area contributed by atoms with Crippen LogP contribution in [0.3, 0.4) is 0 Å². The highest BCUT2D eigenvalue weighted by molar-refractivity contribution is 8.76. The molecule has 5 fully saturated rings. The molecule has 6 bridgehead atoms. The van der Waals surface area contributed by atoms with E-state index in [1.807, 2.05) is 0 Å². The van der Waals surface area contributed by atoms with Crippen molar-refractivity contribution in [3.05, 3.63) is 23.5 Å². The minimum Gasteiger partial charge on any atom is -0.511 e. The molecule has 5 unspecified atom stereocenters. The predicted molar refractivity (Wildman–Crippen MR) is 176 cm³/mol. The molecular formula is C33H50N2O10S2. The molecule has 0 aromatic heterocycles. The average Bonchev–Trinajstić information content (AvgIpc) is 3.06. The van der Waals surface area contributed by atoms with E-state index in [1.165, 1.54) is 21.6 Å². The predicted octanol–water partition coefficient (Wildman–Crippen LogP) is 1.30. The lowest BCUT2D eigenvalue weighted by Crippen LogP contribution is -2.69. The topological polar surface area (TPSA) is 198 Å². The maximum atomic E-state index is 15.2. The second-order valence-corrected chi connectivity index (χ2v) is 16.8. The Morgan fingerprint density at radius 3 is 2.64 bits per heavy atom. The molecule has 3 aliphatic carbocycles. The van der Waals surface area contributed by atoms with Gasteiger partial charge in [0.25, 0.3) is 0 Å². The third-order valence-corrected chi connectivity index (χ3v) is 14.3. The van der Waals surface area contributed by atoms with Crippen molar-refractivity contribution in [1.29, 1.82) is 0 Å². The van der Waals surface area contributed by atoms with E-state index in [9.17, 15) is 35.4 Å². The van der Waals surface area contributed by atoms with Gasteiger partial charge in [0, 0.05) is 17.8 Å². The van der Waals surface area contributed by atoms with Crippen LogP contribution in [0.25, 0.3) is 0 Å². The fourth-order valence-electron chi connectivity index (χ4n) is 9.03. The molecule has 12 nitrogen and oxygen atoms in total. The largest absolute Gasteiger partial charge is 0.511 e. The molecule has 14 heteroatoms. The van der Waals surface area contributed by atoms with Crippen molar-refractivity contribution in [2.75, 3.05) is 25.6 Å². The number of allylic oxidation sites excluding steroid dienone is 4. The molecule has 0 amide bonds. The molecule has 3 saturated heterocycles. The molecule has 47 heavy (non-hydrogen) atoms.